The summed E-state index contributed by atoms with van der Waals surface area (Å²) in [7, 11) is 0. The van der Waals surface area contributed by atoms with Gasteiger partial charge in [0.1, 0.15) is 11.6 Å². The van der Waals surface area contributed by atoms with Crippen molar-refractivity contribution in [3.63, 3.8) is 0 Å². The maximum absolute atomic E-state index is 13.9. The van der Waals surface area contributed by atoms with E-state index in [0.717, 1.165) is 5.56 Å². The zero-order chi connectivity index (χ0) is 23.8. The normalized spacial score (nSPS) is 16.1. The molecule has 1 aliphatic heterocycles. The van der Waals surface area contributed by atoms with Gasteiger partial charge in [-0.2, -0.15) is 4.98 Å². The number of urea groups is 1. The minimum absolute atomic E-state index is 0.217. The number of halogens is 2. The summed E-state index contributed by atoms with van der Waals surface area (Å²) in [5.74, 6) is -0.209. The zero-order valence-electron chi connectivity index (χ0n) is 18.4. The van der Waals surface area contributed by atoms with Crippen LogP contribution in [-0.2, 0) is 0 Å². The Kier molecular flexibility index (Phi) is 5.41. The first-order valence-corrected chi connectivity index (χ1v) is 10.6. The molecule has 8 heteroatoms. The summed E-state index contributed by atoms with van der Waals surface area (Å²) in [4.78, 5) is 19.2. The number of amides is 2. The molecule has 0 saturated heterocycles. The number of nitrogens with one attached hydrogen (secondary N) is 1. The second-order valence-electron chi connectivity index (χ2n) is 7.99. The molecule has 1 unspecified atom stereocenters. The molecule has 0 aliphatic carbocycles. The van der Waals surface area contributed by atoms with Crippen molar-refractivity contribution in [1.82, 2.24) is 15.5 Å². The highest BCUT2D eigenvalue weighted by Crippen LogP contribution is 2.39. The van der Waals surface area contributed by atoms with Gasteiger partial charge < -0.3 is 9.84 Å². The van der Waals surface area contributed by atoms with Crippen LogP contribution in [0.2, 0.25) is 0 Å². The van der Waals surface area contributed by atoms with Crippen molar-refractivity contribution in [3.8, 4) is 11.4 Å². The molecule has 2 amide bonds. The monoisotopic (exact) mass is 458 g/mol. The zero-order valence-corrected chi connectivity index (χ0v) is 18.4. The summed E-state index contributed by atoms with van der Waals surface area (Å²) >= 11 is 0. The van der Waals surface area contributed by atoms with Gasteiger partial charge >= 0.3 is 6.03 Å². The fourth-order valence-electron chi connectivity index (χ4n) is 4.04. The fourth-order valence-corrected chi connectivity index (χ4v) is 4.04. The van der Waals surface area contributed by atoms with Crippen LogP contribution in [0.3, 0.4) is 0 Å². The van der Waals surface area contributed by atoms with Gasteiger partial charge in [-0.05, 0) is 67.4 Å². The maximum atomic E-state index is 13.9. The number of aromatic nitrogens is 2. The molecule has 0 radical (unpaired) electrons. The van der Waals surface area contributed by atoms with Crippen LogP contribution >= 0.6 is 0 Å². The van der Waals surface area contributed by atoms with E-state index in [0.29, 0.717) is 33.9 Å². The lowest BCUT2D eigenvalue weighted by Gasteiger charge is -2.35. The van der Waals surface area contributed by atoms with Crippen molar-refractivity contribution in [2.24, 2.45) is 0 Å². The van der Waals surface area contributed by atoms with Gasteiger partial charge in [-0.25, -0.2) is 13.6 Å². The van der Waals surface area contributed by atoms with Crippen molar-refractivity contribution in [1.29, 1.82) is 0 Å². The molecule has 0 saturated carbocycles. The molecule has 2 heterocycles. The van der Waals surface area contributed by atoms with E-state index in [4.69, 9.17) is 4.52 Å². The average Bonchev–Trinajstić information content (AvgIpc) is 3.31. The number of benzene rings is 3. The first-order chi connectivity index (χ1) is 16.4. The van der Waals surface area contributed by atoms with E-state index in [1.54, 1.807) is 38.1 Å². The topological polar surface area (TPSA) is 71.3 Å². The van der Waals surface area contributed by atoms with Crippen LogP contribution in [0.5, 0.6) is 0 Å². The van der Waals surface area contributed by atoms with Gasteiger partial charge in [0, 0.05) is 11.3 Å². The van der Waals surface area contributed by atoms with E-state index in [1.807, 2.05) is 30.3 Å². The van der Waals surface area contributed by atoms with Crippen LogP contribution in [0.15, 0.2) is 83.0 Å². The van der Waals surface area contributed by atoms with Crippen LogP contribution < -0.4 is 10.2 Å². The van der Waals surface area contributed by atoms with E-state index in [-0.39, 0.29) is 23.6 Å². The lowest BCUT2D eigenvalue weighted by Crippen LogP contribution is -2.46. The predicted molar refractivity (Wildman–Crippen MR) is 124 cm³/mol. The van der Waals surface area contributed by atoms with E-state index in [9.17, 15) is 13.6 Å². The predicted octanol–water partition coefficient (Wildman–Crippen LogP) is 6.03. The molecule has 1 atom stereocenters. The highest BCUT2D eigenvalue weighted by molar-refractivity contribution is 6.01. The summed E-state index contributed by atoms with van der Waals surface area (Å²) in [6, 6.07) is 18.8. The lowest BCUT2D eigenvalue weighted by atomic mass is 9.94. The van der Waals surface area contributed by atoms with Gasteiger partial charge in [0.15, 0.2) is 0 Å². The second-order valence-corrected chi connectivity index (χ2v) is 7.99. The minimum Gasteiger partial charge on any atom is -0.334 e. The average molecular weight is 458 g/mol. The summed E-state index contributed by atoms with van der Waals surface area (Å²) < 4.78 is 32.9. The van der Waals surface area contributed by atoms with Crippen LogP contribution in [0, 0.1) is 18.6 Å². The third-order valence-corrected chi connectivity index (χ3v) is 5.78. The number of allylic oxidation sites excluding steroid dienone is 1. The van der Waals surface area contributed by atoms with E-state index >= 15 is 0 Å². The molecular weight excluding hydrogens is 438 g/mol. The van der Waals surface area contributed by atoms with Crippen molar-refractivity contribution < 1.29 is 18.1 Å². The number of hydrogen-bond donors (Lipinski definition) is 1. The number of carbonyl (C=O) groups excluding carboxylic acids is 1. The Labute approximate surface area is 194 Å². The number of carbonyl (C=O) groups is 1. The molecule has 34 heavy (non-hydrogen) atoms. The quantitative estimate of drug-likeness (QED) is 0.406. The molecule has 170 valence electrons. The third-order valence-electron chi connectivity index (χ3n) is 5.78. The minimum atomic E-state index is -0.548. The van der Waals surface area contributed by atoms with Gasteiger partial charge in [0.25, 0.3) is 5.89 Å². The Morgan fingerprint density at radius 2 is 1.71 bits per heavy atom. The van der Waals surface area contributed by atoms with Gasteiger partial charge in [-0.15, -0.1) is 0 Å². The molecule has 1 N–H and O–H groups in total. The van der Waals surface area contributed by atoms with Crippen LogP contribution in [-0.4, -0.2) is 16.2 Å². The van der Waals surface area contributed by atoms with Gasteiger partial charge in [-0.3, -0.25) is 4.90 Å². The van der Waals surface area contributed by atoms with Crippen molar-refractivity contribution in [2.75, 3.05) is 4.90 Å². The Balaban J connectivity index is 1.65. The van der Waals surface area contributed by atoms with Crippen LogP contribution in [0.25, 0.3) is 17.0 Å². The summed E-state index contributed by atoms with van der Waals surface area (Å²) in [6.45, 7) is 3.42. The first-order valence-electron chi connectivity index (χ1n) is 10.6. The molecule has 0 fully saturated rings. The van der Waals surface area contributed by atoms with Gasteiger partial charge in [0.05, 0.1) is 17.3 Å². The van der Waals surface area contributed by atoms with Crippen molar-refractivity contribution in [3.05, 3.63) is 107 Å². The standard InChI is InChI=1S/C26H20F2N4O2/c1-15-14-20(12-13-21(15)28)32-16(2)22(23(29-26(32)33)17-6-4-3-5-7-17)25-30-24(31-34-25)18-8-10-19(27)11-9-18/h3-14,23H,1-2H3,(H,29,33). The SMILES string of the molecule is CC1=C(c2nc(-c3ccc(F)cc3)no2)C(c2ccccc2)NC(=O)N1c1ccc(F)c(C)c1. The molecule has 6 nitrogen and oxygen atoms in total. The lowest BCUT2D eigenvalue weighted by molar-refractivity contribution is 0.244. The van der Waals surface area contributed by atoms with E-state index in [2.05, 4.69) is 15.5 Å². The number of anilines is 1. The Morgan fingerprint density at radius 3 is 2.41 bits per heavy atom. The Morgan fingerprint density at radius 1 is 0.971 bits per heavy atom. The largest absolute Gasteiger partial charge is 0.334 e. The fraction of sp³-hybridized carbons (Fsp3) is 0.115. The van der Waals surface area contributed by atoms with E-state index < -0.39 is 6.04 Å². The highest BCUT2D eigenvalue weighted by Gasteiger charge is 2.36. The Hall–Kier alpha value is -4.33. The molecular formula is C26H20F2N4O2. The number of hydrogen-bond acceptors (Lipinski definition) is 4. The molecule has 1 aliphatic rings. The number of aryl methyl sites for hydroxylation is 1. The molecule has 4 aromatic rings. The summed E-state index contributed by atoms with van der Waals surface area (Å²) in [6.07, 6.45) is 0. The third kappa shape index (κ3) is 3.83. The molecule has 0 bridgehead atoms. The van der Waals surface area contributed by atoms with E-state index in [1.165, 1.54) is 23.1 Å². The first kappa shape index (κ1) is 21.5. The molecule has 0 spiro atoms. The smallest absolute Gasteiger partial charge is 0.326 e. The summed E-state index contributed by atoms with van der Waals surface area (Å²) in [5, 5.41) is 7.08. The van der Waals surface area contributed by atoms with Crippen molar-refractivity contribution >= 4 is 17.3 Å². The second kappa shape index (κ2) is 8.55. The summed E-state index contributed by atoms with van der Waals surface area (Å²) in [5.41, 5.74) is 3.53. The molecule has 5 rings (SSSR count). The maximum Gasteiger partial charge on any atom is 0.326 e. The van der Waals surface area contributed by atoms with Gasteiger partial charge in [-0.1, -0.05) is 35.5 Å². The molecule has 1 aromatic heterocycles. The highest BCUT2D eigenvalue weighted by atomic mass is 19.1. The number of nitrogens with zero attached hydrogens (tertiary/aromatic N) is 3. The van der Waals surface area contributed by atoms with Gasteiger partial charge in [0.2, 0.25) is 5.82 Å². The number of rotatable bonds is 4. The van der Waals surface area contributed by atoms with Crippen LogP contribution in [0.1, 0.15) is 30.0 Å². The van der Waals surface area contributed by atoms with Crippen molar-refractivity contribution in [2.45, 2.75) is 19.9 Å². The molecule has 3 aromatic carbocycles. The Bertz CT molecular complexity index is 1400. The van der Waals surface area contributed by atoms with Crippen LogP contribution in [0.4, 0.5) is 19.3 Å².